The number of imide groups is 1. The number of thioether (sulfide) groups is 1. The lowest BCUT2D eigenvalue weighted by molar-refractivity contribution is -0.117. The summed E-state index contributed by atoms with van der Waals surface area (Å²) in [7, 11) is 0. The van der Waals surface area contributed by atoms with Gasteiger partial charge >= 0.3 is 6.09 Å². The number of nitrogens with zero attached hydrogens (tertiary/aromatic N) is 3. The molecule has 1 heterocycles. The van der Waals surface area contributed by atoms with E-state index < -0.39 is 12.0 Å². The van der Waals surface area contributed by atoms with Crippen LogP contribution in [-0.2, 0) is 9.53 Å². The highest BCUT2D eigenvalue weighted by Gasteiger charge is 2.19. The van der Waals surface area contributed by atoms with Gasteiger partial charge in [-0.05, 0) is 50.2 Å². The largest absolute Gasteiger partial charge is 0.494 e. The summed E-state index contributed by atoms with van der Waals surface area (Å²) in [5.41, 5.74) is 1.48. The van der Waals surface area contributed by atoms with Crippen molar-refractivity contribution in [1.29, 1.82) is 0 Å². The average molecular weight is 461 g/mol. The standard InChI is InChI=1S/C21H21ClN4O4S/c1-3-29-15-11-9-14(10-12-15)26-19(16-7-5-6-8-17(16)22)24-25-20(26)31-13-18(27)23-21(28)30-4-2/h5-12H,3-4,13H2,1-2H3,(H,23,27,28). The van der Waals surface area contributed by atoms with Gasteiger partial charge in [-0.2, -0.15) is 0 Å². The van der Waals surface area contributed by atoms with Gasteiger partial charge in [0.15, 0.2) is 11.0 Å². The normalized spacial score (nSPS) is 10.5. The summed E-state index contributed by atoms with van der Waals surface area (Å²) in [6, 6.07) is 14.7. The SMILES string of the molecule is CCOC(=O)NC(=O)CSc1nnc(-c2ccccc2Cl)n1-c1ccc(OCC)cc1. The molecule has 31 heavy (non-hydrogen) atoms. The number of aromatic nitrogens is 3. The highest BCUT2D eigenvalue weighted by Crippen LogP contribution is 2.32. The molecule has 0 saturated heterocycles. The number of alkyl carbamates (subject to hydrolysis) is 1. The third kappa shape index (κ3) is 5.77. The highest BCUT2D eigenvalue weighted by atomic mass is 35.5. The van der Waals surface area contributed by atoms with E-state index in [-0.39, 0.29) is 12.4 Å². The first-order valence-electron chi connectivity index (χ1n) is 9.56. The summed E-state index contributed by atoms with van der Waals surface area (Å²) < 4.78 is 12.0. The summed E-state index contributed by atoms with van der Waals surface area (Å²) >= 11 is 7.53. The molecule has 0 atom stereocenters. The van der Waals surface area contributed by atoms with Crippen LogP contribution in [0.3, 0.4) is 0 Å². The Balaban J connectivity index is 1.91. The van der Waals surface area contributed by atoms with Crippen LogP contribution < -0.4 is 10.1 Å². The Kier molecular flexibility index (Phi) is 7.91. The smallest absolute Gasteiger partial charge is 0.413 e. The lowest BCUT2D eigenvalue weighted by Crippen LogP contribution is -2.32. The van der Waals surface area contributed by atoms with Gasteiger partial charge in [0, 0.05) is 11.3 Å². The van der Waals surface area contributed by atoms with Gasteiger partial charge in [-0.3, -0.25) is 14.7 Å². The van der Waals surface area contributed by atoms with Crippen molar-refractivity contribution in [1.82, 2.24) is 20.1 Å². The summed E-state index contributed by atoms with van der Waals surface area (Å²) in [6.07, 6.45) is -0.780. The summed E-state index contributed by atoms with van der Waals surface area (Å²) in [5, 5.41) is 11.7. The molecule has 8 nitrogen and oxygen atoms in total. The number of hydrogen-bond acceptors (Lipinski definition) is 7. The maximum Gasteiger partial charge on any atom is 0.413 e. The van der Waals surface area contributed by atoms with Gasteiger partial charge in [-0.15, -0.1) is 10.2 Å². The van der Waals surface area contributed by atoms with Crippen molar-refractivity contribution in [3.63, 3.8) is 0 Å². The van der Waals surface area contributed by atoms with Crippen molar-refractivity contribution in [3.8, 4) is 22.8 Å². The number of carbonyl (C=O) groups excluding carboxylic acids is 2. The van der Waals surface area contributed by atoms with E-state index in [0.29, 0.717) is 28.2 Å². The fraction of sp³-hybridized carbons (Fsp3) is 0.238. The number of benzene rings is 2. The average Bonchev–Trinajstić information content (AvgIpc) is 3.17. The third-order valence-corrected chi connectivity index (χ3v) is 5.26. The molecule has 2 amide bonds. The molecule has 2 aromatic carbocycles. The minimum absolute atomic E-state index is 0.0451. The molecule has 0 aliphatic carbocycles. The Morgan fingerprint density at radius 3 is 2.48 bits per heavy atom. The molecular weight excluding hydrogens is 440 g/mol. The molecule has 1 N–H and O–H groups in total. The first-order chi connectivity index (χ1) is 15.0. The molecule has 0 aliphatic heterocycles. The van der Waals surface area contributed by atoms with Gasteiger partial charge < -0.3 is 9.47 Å². The summed E-state index contributed by atoms with van der Waals surface area (Å²) in [5.74, 6) is 0.727. The topological polar surface area (TPSA) is 95.3 Å². The maximum absolute atomic E-state index is 12.1. The first-order valence-corrected chi connectivity index (χ1v) is 10.9. The van der Waals surface area contributed by atoms with E-state index in [9.17, 15) is 9.59 Å². The number of amides is 2. The molecule has 0 unspecified atom stereocenters. The Bertz CT molecular complexity index is 1060. The van der Waals surface area contributed by atoms with E-state index >= 15 is 0 Å². The van der Waals surface area contributed by atoms with Gasteiger partial charge in [-0.1, -0.05) is 35.5 Å². The highest BCUT2D eigenvalue weighted by molar-refractivity contribution is 7.99. The molecule has 10 heteroatoms. The Morgan fingerprint density at radius 2 is 1.81 bits per heavy atom. The van der Waals surface area contributed by atoms with Crippen molar-refractivity contribution < 1.29 is 19.1 Å². The van der Waals surface area contributed by atoms with Crippen LogP contribution in [0, 0.1) is 0 Å². The molecular formula is C21H21ClN4O4S. The van der Waals surface area contributed by atoms with E-state index in [1.807, 2.05) is 49.4 Å². The molecule has 162 valence electrons. The second-order valence-electron chi connectivity index (χ2n) is 6.11. The molecule has 0 fully saturated rings. The number of nitrogens with one attached hydrogen (secondary N) is 1. The molecule has 3 aromatic rings. The van der Waals surface area contributed by atoms with Crippen molar-refractivity contribution in [3.05, 3.63) is 53.6 Å². The molecule has 1 aromatic heterocycles. The van der Waals surface area contributed by atoms with Gasteiger partial charge in [-0.25, -0.2) is 4.79 Å². The Labute approximate surface area is 188 Å². The first kappa shape index (κ1) is 22.6. The van der Waals surface area contributed by atoms with Crippen LogP contribution in [0.4, 0.5) is 4.79 Å². The lowest BCUT2D eigenvalue weighted by Gasteiger charge is -2.12. The van der Waals surface area contributed by atoms with Crippen LogP contribution in [0.15, 0.2) is 53.7 Å². The predicted octanol–water partition coefficient (Wildman–Crippen LogP) is 4.35. The van der Waals surface area contributed by atoms with Crippen LogP contribution in [-0.4, -0.2) is 45.7 Å². The van der Waals surface area contributed by atoms with E-state index in [1.54, 1.807) is 17.6 Å². The summed E-state index contributed by atoms with van der Waals surface area (Å²) in [4.78, 5) is 23.5. The van der Waals surface area contributed by atoms with E-state index in [1.165, 1.54) is 0 Å². The zero-order chi connectivity index (χ0) is 22.2. The fourth-order valence-corrected chi connectivity index (χ4v) is 3.69. The van der Waals surface area contributed by atoms with Crippen molar-refractivity contribution in [2.75, 3.05) is 19.0 Å². The van der Waals surface area contributed by atoms with Crippen LogP contribution in [0.1, 0.15) is 13.8 Å². The number of halogens is 1. The molecule has 0 bridgehead atoms. The molecule has 0 spiro atoms. The lowest BCUT2D eigenvalue weighted by atomic mass is 10.2. The van der Waals surface area contributed by atoms with E-state index in [4.69, 9.17) is 21.1 Å². The van der Waals surface area contributed by atoms with Crippen LogP contribution in [0.5, 0.6) is 5.75 Å². The van der Waals surface area contributed by atoms with Gasteiger partial charge in [0.05, 0.1) is 24.0 Å². The van der Waals surface area contributed by atoms with Crippen LogP contribution in [0.25, 0.3) is 17.1 Å². The molecule has 0 radical (unpaired) electrons. The minimum Gasteiger partial charge on any atom is -0.494 e. The quantitative estimate of drug-likeness (QED) is 0.499. The number of rotatable bonds is 8. The van der Waals surface area contributed by atoms with Crippen molar-refractivity contribution in [2.24, 2.45) is 0 Å². The van der Waals surface area contributed by atoms with Gasteiger partial charge in [0.2, 0.25) is 5.91 Å². The zero-order valence-electron chi connectivity index (χ0n) is 17.0. The number of ether oxygens (including phenoxy) is 2. The zero-order valence-corrected chi connectivity index (χ0v) is 18.6. The Morgan fingerprint density at radius 1 is 1.06 bits per heavy atom. The fourth-order valence-electron chi connectivity index (χ4n) is 2.72. The van der Waals surface area contributed by atoms with Gasteiger partial charge in [0.25, 0.3) is 0 Å². The van der Waals surface area contributed by atoms with Crippen molar-refractivity contribution in [2.45, 2.75) is 19.0 Å². The Hall–Kier alpha value is -3.04. The predicted molar refractivity (Wildman–Crippen MR) is 119 cm³/mol. The van der Waals surface area contributed by atoms with E-state index in [0.717, 1.165) is 23.2 Å². The van der Waals surface area contributed by atoms with Crippen LogP contribution in [0.2, 0.25) is 5.02 Å². The third-order valence-electron chi connectivity index (χ3n) is 4.00. The minimum atomic E-state index is -0.780. The maximum atomic E-state index is 12.1. The molecule has 0 aliphatic rings. The monoisotopic (exact) mass is 460 g/mol. The molecule has 0 saturated carbocycles. The van der Waals surface area contributed by atoms with Crippen LogP contribution >= 0.6 is 23.4 Å². The summed E-state index contributed by atoms with van der Waals surface area (Å²) in [6.45, 7) is 4.32. The second-order valence-corrected chi connectivity index (χ2v) is 7.46. The van der Waals surface area contributed by atoms with Gasteiger partial charge in [0.1, 0.15) is 5.75 Å². The number of carbonyl (C=O) groups is 2. The molecule has 3 rings (SSSR count). The van der Waals surface area contributed by atoms with E-state index in [2.05, 4.69) is 15.5 Å². The second kappa shape index (κ2) is 10.8. The van der Waals surface area contributed by atoms with Crippen molar-refractivity contribution >= 4 is 35.4 Å². The number of hydrogen-bond donors (Lipinski definition) is 1.